The molecule has 0 bridgehead atoms. The molecule has 0 amide bonds. The lowest BCUT2D eigenvalue weighted by molar-refractivity contribution is 0.0893. The van der Waals surface area contributed by atoms with E-state index in [1.165, 1.54) is 16.8 Å². The molecule has 2 atom stereocenters. The fraction of sp³-hybridized carbons (Fsp3) is 0.526. The van der Waals surface area contributed by atoms with Crippen LogP contribution in [0.4, 0.5) is 0 Å². The summed E-state index contributed by atoms with van der Waals surface area (Å²) in [6.07, 6.45) is 1.24. The Labute approximate surface area is 144 Å². The first-order chi connectivity index (χ1) is 11.6. The molecule has 5 nitrogen and oxygen atoms in total. The topological polar surface area (TPSA) is 48.3 Å². The number of ether oxygens (including phenoxy) is 2. The second-order valence-electron chi connectivity index (χ2n) is 6.53. The molecule has 2 heterocycles. The zero-order valence-electron chi connectivity index (χ0n) is 15.0. The Morgan fingerprint density at radius 3 is 2.92 bits per heavy atom. The Bertz CT molecular complexity index is 696. The van der Waals surface area contributed by atoms with Crippen LogP contribution in [0.2, 0.25) is 0 Å². The monoisotopic (exact) mass is 329 g/mol. The van der Waals surface area contributed by atoms with Crippen LogP contribution in [-0.4, -0.2) is 30.0 Å². The normalized spacial score (nSPS) is 20.5. The predicted molar refractivity (Wildman–Crippen MR) is 94.2 cm³/mol. The number of benzene rings is 1. The fourth-order valence-electron chi connectivity index (χ4n) is 3.55. The van der Waals surface area contributed by atoms with E-state index in [4.69, 9.17) is 9.47 Å². The fourth-order valence-corrected chi connectivity index (χ4v) is 3.55. The lowest BCUT2D eigenvalue weighted by atomic mass is 9.94. The van der Waals surface area contributed by atoms with Crippen LogP contribution in [0.15, 0.2) is 24.3 Å². The van der Waals surface area contributed by atoms with Gasteiger partial charge in [0, 0.05) is 43.9 Å². The van der Waals surface area contributed by atoms with E-state index >= 15 is 0 Å². The summed E-state index contributed by atoms with van der Waals surface area (Å²) < 4.78 is 13.3. The van der Waals surface area contributed by atoms with Crippen molar-refractivity contribution in [3.05, 3.63) is 46.8 Å². The summed E-state index contributed by atoms with van der Waals surface area (Å²) in [5, 5.41) is 8.12. The van der Waals surface area contributed by atoms with Crippen LogP contribution in [0.3, 0.4) is 0 Å². The molecule has 3 rings (SSSR count). The molecule has 1 N–H and O–H groups in total. The van der Waals surface area contributed by atoms with Gasteiger partial charge in [0.2, 0.25) is 0 Å². The van der Waals surface area contributed by atoms with Gasteiger partial charge in [-0.05, 0) is 38.0 Å². The third-order valence-electron chi connectivity index (χ3n) is 4.93. The zero-order valence-corrected chi connectivity index (χ0v) is 15.0. The maximum atomic E-state index is 6.05. The molecular weight excluding hydrogens is 302 g/mol. The van der Waals surface area contributed by atoms with Gasteiger partial charge in [0.05, 0.1) is 18.9 Å². The smallest absolute Gasteiger partial charge is 0.119 e. The van der Waals surface area contributed by atoms with Gasteiger partial charge in [-0.15, -0.1) is 0 Å². The van der Waals surface area contributed by atoms with E-state index in [0.29, 0.717) is 5.92 Å². The molecule has 0 radical (unpaired) electrons. The van der Waals surface area contributed by atoms with Gasteiger partial charge in [-0.25, -0.2) is 0 Å². The van der Waals surface area contributed by atoms with Crippen molar-refractivity contribution in [1.29, 1.82) is 0 Å². The molecule has 2 unspecified atom stereocenters. The molecule has 1 aromatic heterocycles. The molecule has 24 heavy (non-hydrogen) atoms. The van der Waals surface area contributed by atoms with Crippen LogP contribution in [0.5, 0.6) is 5.75 Å². The molecule has 5 heteroatoms. The summed E-state index contributed by atoms with van der Waals surface area (Å²) >= 11 is 0. The van der Waals surface area contributed by atoms with Gasteiger partial charge >= 0.3 is 0 Å². The first-order valence-electron chi connectivity index (χ1n) is 8.55. The van der Waals surface area contributed by atoms with E-state index in [1.807, 2.05) is 23.9 Å². The van der Waals surface area contributed by atoms with E-state index in [9.17, 15) is 0 Å². The number of nitrogens with zero attached hydrogens (tertiary/aromatic N) is 2. The number of methoxy groups -OCH3 is 1. The van der Waals surface area contributed by atoms with Gasteiger partial charge in [-0.2, -0.15) is 5.10 Å². The molecular formula is C19H27N3O2. The summed E-state index contributed by atoms with van der Waals surface area (Å²) in [5.74, 6) is 1.38. The molecule has 1 aliphatic heterocycles. The molecule has 1 fully saturated rings. The lowest BCUT2D eigenvalue weighted by Gasteiger charge is -2.20. The summed E-state index contributed by atoms with van der Waals surface area (Å²) in [6, 6.07) is 8.19. The van der Waals surface area contributed by atoms with Crippen molar-refractivity contribution in [2.75, 3.05) is 20.3 Å². The summed E-state index contributed by atoms with van der Waals surface area (Å²) in [7, 11) is 3.70. The van der Waals surface area contributed by atoms with E-state index in [1.54, 1.807) is 7.11 Å². The van der Waals surface area contributed by atoms with Gasteiger partial charge in [0.25, 0.3) is 0 Å². The average Bonchev–Trinajstić information content (AvgIpc) is 3.12. The second kappa shape index (κ2) is 7.36. The number of aromatic nitrogens is 2. The predicted octanol–water partition coefficient (Wildman–Crippen LogP) is 2.91. The minimum absolute atomic E-state index is 0.150. The average molecular weight is 329 g/mol. The minimum Gasteiger partial charge on any atom is -0.497 e. The Morgan fingerprint density at radius 2 is 2.21 bits per heavy atom. The largest absolute Gasteiger partial charge is 0.497 e. The van der Waals surface area contributed by atoms with Gasteiger partial charge < -0.3 is 14.8 Å². The number of nitrogens with one attached hydrogen (secondary N) is 1. The maximum Gasteiger partial charge on any atom is 0.119 e. The number of hydrogen-bond acceptors (Lipinski definition) is 4. The van der Waals surface area contributed by atoms with Gasteiger partial charge in [-0.3, -0.25) is 4.68 Å². The van der Waals surface area contributed by atoms with E-state index in [-0.39, 0.29) is 6.10 Å². The van der Waals surface area contributed by atoms with Crippen LogP contribution in [-0.2, 0) is 18.3 Å². The van der Waals surface area contributed by atoms with Crippen molar-refractivity contribution in [2.45, 2.75) is 32.9 Å². The highest BCUT2D eigenvalue weighted by Crippen LogP contribution is 2.37. The van der Waals surface area contributed by atoms with Gasteiger partial charge in [0.1, 0.15) is 5.75 Å². The molecule has 130 valence electrons. The van der Waals surface area contributed by atoms with Gasteiger partial charge in [-0.1, -0.05) is 12.1 Å². The Kier molecular flexibility index (Phi) is 5.21. The van der Waals surface area contributed by atoms with Crippen LogP contribution in [0.1, 0.15) is 35.0 Å². The number of hydrogen-bond donors (Lipinski definition) is 1. The number of aryl methyl sites for hydroxylation is 2. The third kappa shape index (κ3) is 3.47. The Balaban J connectivity index is 1.62. The molecule has 1 aromatic carbocycles. The highest BCUT2D eigenvalue weighted by Gasteiger charge is 2.33. The summed E-state index contributed by atoms with van der Waals surface area (Å²) in [6.45, 7) is 6.80. The molecule has 2 aromatic rings. The third-order valence-corrected chi connectivity index (χ3v) is 4.93. The molecule has 0 saturated carbocycles. The highest BCUT2D eigenvalue weighted by atomic mass is 16.5. The molecule has 1 saturated heterocycles. The Morgan fingerprint density at radius 1 is 1.38 bits per heavy atom. The summed E-state index contributed by atoms with van der Waals surface area (Å²) in [4.78, 5) is 0. The van der Waals surface area contributed by atoms with E-state index < -0.39 is 0 Å². The minimum atomic E-state index is 0.150. The van der Waals surface area contributed by atoms with E-state index in [0.717, 1.165) is 37.6 Å². The van der Waals surface area contributed by atoms with Crippen molar-refractivity contribution in [2.24, 2.45) is 13.0 Å². The first-order valence-corrected chi connectivity index (χ1v) is 8.55. The first kappa shape index (κ1) is 17.0. The lowest BCUT2D eigenvalue weighted by Crippen LogP contribution is -2.25. The second-order valence-corrected chi connectivity index (χ2v) is 6.53. The van der Waals surface area contributed by atoms with Crippen molar-refractivity contribution in [1.82, 2.24) is 15.1 Å². The van der Waals surface area contributed by atoms with Crippen molar-refractivity contribution in [3.63, 3.8) is 0 Å². The van der Waals surface area contributed by atoms with Crippen LogP contribution in [0, 0.1) is 19.8 Å². The summed E-state index contributed by atoms with van der Waals surface area (Å²) in [5.41, 5.74) is 4.79. The van der Waals surface area contributed by atoms with Crippen molar-refractivity contribution in [3.8, 4) is 5.75 Å². The van der Waals surface area contributed by atoms with Crippen molar-refractivity contribution < 1.29 is 9.47 Å². The molecule has 0 spiro atoms. The highest BCUT2D eigenvalue weighted by molar-refractivity contribution is 5.29. The zero-order chi connectivity index (χ0) is 17.1. The quantitative estimate of drug-likeness (QED) is 0.885. The SMILES string of the molecule is COc1cccc(CNCC2CCOC2c2c(C)nn(C)c2C)c1. The maximum absolute atomic E-state index is 6.05. The van der Waals surface area contributed by atoms with Crippen LogP contribution in [0.25, 0.3) is 0 Å². The van der Waals surface area contributed by atoms with Crippen molar-refractivity contribution >= 4 is 0 Å². The van der Waals surface area contributed by atoms with Crippen LogP contribution < -0.4 is 10.1 Å². The number of rotatable bonds is 6. The molecule has 1 aliphatic rings. The van der Waals surface area contributed by atoms with Gasteiger partial charge in [0.15, 0.2) is 0 Å². The Hall–Kier alpha value is -1.85. The van der Waals surface area contributed by atoms with Crippen LogP contribution >= 0.6 is 0 Å². The standard InChI is InChI=1S/C19H27N3O2/c1-13-18(14(2)22(3)21-13)19-16(8-9-24-19)12-20-11-15-6-5-7-17(10-15)23-4/h5-7,10,16,19-20H,8-9,11-12H2,1-4H3. The molecule has 0 aliphatic carbocycles. The van der Waals surface area contributed by atoms with E-state index in [2.05, 4.69) is 36.4 Å².